The van der Waals surface area contributed by atoms with Crippen molar-refractivity contribution >= 4 is 11.6 Å². The van der Waals surface area contributed by atoms with Crippen LogP contribution in [0.5, 0.6) is 5.75 Å². The van der Waals surface area contributed by atoms with Crippen LogP contribution in [-0.4, -0.2) is 17.3 Å². The monoisotopic (exact) mass is 376 g/mol. The molecule has 0 radical (unpaired) electrons. The Balaban J connectivity index is 1.77. The van der Waals surface area contributed by atoms with Crippen LogP contribution in [0.3, 0.4) is 0 Å². The van der Waals surface area contributed by atoms with E-state index < -0.39 is 23.8 Å². The molecule has 1 N–H and O–H groups in total. The average Bonchev–Trinajstić information content (AvgIpc) is 2.63. The number of benzene rings is 2. The highest BCUT2D eigenvalue weighted by atomic mass is 19.4. The van der Waals surface area contributed by atoms with Crippen LogP contribution in [0.1, 0.15) is 10.4 Å². The molecule has 0 atom stereocenters. The zero-order chi connectivity index (χ0) is 19.4. The molecule has 138 valence electrons. The van der Waals surface area contributed by atoms with Gasteiger partial charge in [-0.2, -0.15) is 0 Å². The summed E-state index contributed by atoms with van der Waals surface area (Å²) in [5, 5.41) is 2.53. The zero-order valence-electron chi connectivity index (χ0n) is 13.6. The molecular weight excluding hydrogens is 364 g/mol. The Kier molecular flexibility index (Phi) is 5.07. The van der Waals surface area contributed by atoms with E-state index in [1.165, 1.54) is 30.5 Å². The number of alkyl halides is 3. The lowest BCUT2D eigenvalue weighted by Crippen LogP contribution is -2.17. The maximum absolute atomic E-state index is 14.1. The first-order chi connectivity index (χ1) is 12.8. The standard InChI is InChI=1S/C19H12F4N2O2/c20-17-8-3-12(10-16(17)13-2-1-9-24-11-13)18(26)25-14-4-6-15(7-5-14)27-19(21,22)23/h1-11H,(H,25,26). The Labute approximate surface area is 151 Å². The molecule has 2 aromatic carbocycles. The van der Waals surface area contributed by atoms with Gasteiger partial charge in [-0.1, -0.05) is 6.07 Å². The fourth-order valence-corrected chi connectivity index (χ4v) is 2.35. The van der Waals surface area contributed by atoms with Gasteiger partial charge in [-0.05, 0) is 48.5 Å². The number of aromatic nitrogens is 1. The minimum Gasteiger partial charge on any atom is -0.406 e. The lowest BCUT2D eigenvalue weighted by Gasteiger charge is -2.10. The summed E-state index contributed by atoms with van der Waals surface area (Å²) < 4.78 is 54.3. The van der Waals surface area contributed by atoms with Gasteiger partial charge in [-0.3, -0.25) is 9.78 Å². The quantitative estimate of drug-likeness (QED) is 0.649. The van der Waals surface area contributed by atoms with Crippen molar-refractivity contribution in [3.8, 4) is 16.9 Å². The van der Waals surface area contributed by atoms with E-state index in [4.69, 9.17) is 0 Å². The fourth-order valence-electron chi connectivity index (χ4n) is 2.35. The summed E-state index contributed by atoms with van der Waals surface area (Å²) in [5.41, 5.74) is 1.18. The van der Waals surface area contributed by atoms with Crippen molar-refractivity contribution in [2.45, 2.75) is 6.36 Å². The molecule has 1 amide bonds. The molecular formula is C19H12F4N2O2. The Hall–Kier alpha value is -3.42. The number of pyridine rings is 1. The topological polar surface area (TPSA) is 51.2 Å². The van der Waals surface area contributed by atoms with Gasteiger partial charge in [0.2, 0.25) is 0 Å². The van der Waals surface area contributed by atoms with E-state index in [0.29, 0.717) is 5.56 Å². The molecule has 3 aromatic rings. The smallest absolute Gasteiger partial charge is 0.406 e. The molecule has 0 aliphatic rings. The van der Waals surface area contributed by atoms with Gasteiger partial charge in [-0.15, -0.1) is 13.2 Å². The largest absolute Gasteiger partial charge is 0.573 e. The molecule has 1 heterocycles. The summed E-state index contributed by atoms with van der Waals surface area (Å²) in [5.74, 6) is -1.45. The molecule has 3 rings (SSSR count). The molecule has 8 heteroatoms. The summed E-state index contributed by atoms with van der Waals surface area (Å²) in [7, 11) is 0. The molecule has 0 saturated carbocycles. The normalized spacial score (nSPS) is 11.1. The molecule has 0 unspecified atom stereocenters. The van der Waals surface area contributed by atoms with Crippen LogP contribution < -0.4 is 10.1 Å². The van der Waals surface area contributed by atoms with Crippen LogP contribution in [0, 0.1) is 5.82 Å². The predicted molar refractivity (Wildman–Crippen MR) is 90.7 cm³/mol. The molecule has 4 nitrogen and oxygen atoms in total. The first kappa shape index (κ1) is 18.4. The van der Waals surface area contributed by atoms with Crippen LogP contribution in [-0.2, 0) is 0 Å². The van der Waals surface area contributed by atoms with E-state index in [9.17, 15) is 22.4 Å². The van der Waals surface area contributed by atoms with E-state index in [0.717, 1.165) is 18.2 Å². The van der Waals surface area contributed by atoms with Gasteiger partial charge in [0.15, 0.2) is 0 Å². The number of halogens is 4. The second-order valence-corrected chi connectivity index (χ2v) is 5.46. The number of nitrogens with zero attached hydrogens (tertiary/aromatic N) is 1. The van der Waals surface area contributed by atoms with E-state index in [-0.39, 0.29) is 16.8 Å². The molecule has 0 aliphatic heterocycles. The number of hydrogen-bond acceptors (Lipinski definition) is 3. The maximum Gasteiger partial charge on any atom is 0.573 e. The van der Waals surface area contributed by atoms with Crippen molar-refractivity contribution in [3.63, 3.8) is 0 Å². The second-order valence-electron chi connectivity index (χ2n) is 5.46. The molecule has 0 bridgehead atoms. The zero-order valence-corrected chi connectivity index (χ0v) is 13.6. The van der Waals surface area contributed by atoms with E-state index >= 15 is 0 Å². The minimum atomic E-state index is -4.79. The lowest BCUT2D eigenvalue weighted by atomic mass is 10.0. The number of nitrogens with one attached hydrogen (secondary N) is 1. The van der Waals surface area contributed by atoms with E-state index in [2.05, 4.69) is 15.0 Å². The Morgan fingerprint density at radius 3 is 2.41 bits per heavy atom. The highest BCUT2D eigenvalue weighted by Gasteiger charge is 2.30. The van der Waals surface area contributed by atoms with Gasteiger partial charge < -0.3 is 10.1 Å². The number of carbonyl (C=O) groups is 1. The summed E-state index contributed by atoms with van der Waals surface area (Å²) >= 11 is 0. The number of ether oxygens (including phenoxy) is 1. The third kappa shape index (κ3) is 4.81. The number of amides is 1. The Morgan fingerprint density at radius 1 is 1.04 bits per heavy atom. The molecule has 27 heavy (non-hydrogen) atoms. The summed E-state index contributed by atoms with van der Waals surface area (Å²) in [6.45, 7) is 0. The third-order valence-electron chi connectivity index (χ3n) is 3.55. The molecule has 0 fully saturated rings. The average molecular weight is 376 g/mol. The van der Waals surface area contributed by atoms with Gasteiger partial charge in [0, 0.05) is 34.8 Å². The summed E-state index contributed by atoms with van der Waals surface area (Å²) in [4.78, 5) is 16.3. The molecule has 1 aromatic heterocycles. The molecule has 0 spiro atoms. The minimum absolute atomic E-state index is 0.186. The van der Waals surface area contributed by atoms with Gasteiger partial charge in [-0.25, -0.2) is 4.39 Å². The molecule has 0 saturated heterocycles. The van der Waals surface area contributed by atoms with Gasteiger partial charge in [0.05, 0.1) is 0 Å². The number of rotatable bonds is 4. The molecule has 0 aliphatic carbocycles. The number of hydrogen-bond donors (Lipinski definition) is 1. The first-order valence-corrected chi connectivity index (χ1v) is 7.69. The second kappa shape index (κ2) is 7.45. The van der Waals surface area contributed by atoms with Gasteiger partial charge >= 0.3 is 6.36 Å². The summed E-state index contributed by atoms with van der Waals surface area (Å²) in [6.07, 6.45) is -1.77. The van der Waals surface area contributed by atoms with Crippen molar-refractivity contribution in [2.75, 3.05) is 5.32 Å². The maximum atomic E-state index is 14.1. The first-order valence-electron chi connectivity index (χ1n) is 7.69. The highest BCUT2D eigenvalue weighted by Crippen LogP contribution is 2.25. The Morgan fingerprint density at radius 2 is 1.78 bits per heavy atom. The van der Waals surface area contributed by atoms with Gasteiger partial charge in [0.1, 0.15) is 11.6 Å². The van der Waals surface area contributed by atoms with Crippen LogP contribution in [0.2, 0.25) is 0 Å². The highest BCUT2D eigenvalue weighted by molar-refractivity contribution is 6.05. The van der Waals surface area contributed by atoms with Crippen molar-refractivity contribution in [1.29, 1.82) is 0 Å². The fraction of sp³-hybridized carbons (Fsp3) is 0.0526. The third-order valence-corrected chi connectivity index (χ3v) is 3.55. The predicted octanol–water partition coefficient (Wildman–Crippen LogP) is 5.04. The van der Waals surface area contributed by atoms with E-state index in [1.807, 2.05) is 0 Å². The number of anilines is 1. The SMILES string of the molecule is O=C(Nc1ccc(OC(F)(F)F)cc1)c1ccc(F)c(-c2cccnc2)c1. The van der Waals surface area contributed by atoms with Crippen molar-refractivity contribution in [3.05, 3.63) is 78.4 Å². The number of carbonyl (C=O) groups excluding carboxylic acids is 1. The van der Waals surface area contributed by atoms with Crippen LogP contribution in [0.15, 0.2) is 67.0 Å². The lowest BCUT2D eigenvalue weighted by molar-refractivity contribution is -0.274. The van der Waals surface area contributed by atoms with Crippen LogP contribution >= 0.6 is 0 Å². The van der Waals surface area contributed by atoms with E-state index in [1.54, 1.807) is 18.3 Å². The summed E-state index contributed by atoms with van der Waals surface area (Å²) in [6, 6.07) is 11.9. The van der Waals surface area contributed by atoms with Crippen molar-refractivity contribution < 1.29 is 27.1 Å². The van der Waals surface area contributed by atoms with Crippen LogP contribution in [0.4, 0.5) is 23.2 Å². The van der Waals surface area contributed by atoms with Crippen molar-refractivity contribution in [1.82, 2.24) is 4.98 Å². The van der Waals surface area contributed by atoms with Crippen LogP contribution in [0.25, 0.3) is 11.1 Å². The van der Waals surface area contributed by atoms with Gasteiger partial charge in [0.25, 0.3) is 5.91 Å². The Bertz CT molecular complexity index is 942. The van der Waals surface area contributed by atoms with Crippen molar-refractivity contribution in [2.24, 2.45) is 0 Å².